The van der Waals surface area contributed by atoms with Gasteiger partial charge in [-0.25, -0.2) is 0 Å². The first-order chi connectivity index (χ1) is 13.8. The topological polar surface area (TPSA) is 50.4 Å². The summed E-state index contributed by atoms with van der Waals surface area (Å²) in [6, 6.07) is 13.3. The molecule has 158 valence electrons. The van der Waals surface area contributed by atoms with Gasteiger partial charge in [0.2, 0.25) is 5.91 Å². The van der Waals surface area contributed by atoms with Crippen LogP contribution in [0.3, 0.4) is 0 Å². The summed E-state index contributed by atoms with van der Waals surface area (Å²) >= 11 is 0. The lowest BCUT2D eigenvalue weighted by molar-refractivity contribution is -0.274. The van der Waals surface area contributed by atoms with Crippen LogP contribution >= 0.6 is 0 Å². The maximum absolute atomic E-state index is 12.2. The molecular weight excluding hydrogens is 381 g/mol. The predicted octanol–water partition coefficient (Wildman–Crippen LogP) is 4.69. The van der Waals surface area contributed by atoms with Crippen molar-refractivity contribution in [2.24, 2.45) is 0 Å². The molecule has 0 unspecified atom stereocenters. The lowest BCUT2D eigenvalue weighted by Crippen LogP contribution is -2.43. The van der Waals surface area contributed by atoms with E-state index in [1.165, 1.54) is 12.1 Å². The zero-order valence-electron chi connectivity index (χ0n) is 16.7. The van der Waals surface area contributed by atoms with Gasteiger partial charge in [0.05, 0.1) is 6.04 Å². The average Bonchev–Trinajstić information content (AvgIpc) is 2.68. The molecule has 0 saturated heterocycles. The highest BCUT2D eigenvalue weighted by Gasteiger charge is 2.30. The fraction of sp³-hybridized carbons (Fsp3) is 0.409. The first kappa shape index (κ1) is 22.7. The minimum absolute atomic E-state index is 0.0127. The molecule has 2 N–H and O–H groups in total. The Morgan fingerprint density at radius 3 is 2.14 bits per heavy atom. The van der Waals surface area contributed by atoms with E-state index in [-0.39, 0.29) is 17.7 Å². The molecule has 7 heteroatoms. The van der Waals surface area contributed by atoms with Crippen molar-refractivity contribution < 1.29 is 22.7 Å². The number of halogens is 3. The Morgan fingerprint density at radius 1 is 1.03 bits per heavy atom. The second kappa shape index (κ2) is 10.9. The van der Waals surface area contributed by atoms with E-state index < -0.39 is 6.36 Å². The zero-order valence-corrected chi connectivity index (χ0v) is 16.7. The largest absolute Gasteiger partial charge is 0.573 e. The highest BCUT2D eigenvalue weighted by atomic mass is 19.4. The number of amides is 1. The molecule has 0 aliphatic rings. The number of benzene rings is 2. The van der Waals surface area contributed by atoms with Crippen molar-refractivity contribution in [1.29, 1.82) is 0 Å². The first-order valence-corrected chi connectivity index (χ1v) is 9.72. The summed E-state index contributed by atoms with van der Waals surface area (Å²) in [6.45, 7) is 2.64. The molecule has 1 atom stereocenters. The summed E-state index contributed by atoms with van der Waals surface area (Å²) in [4.78, 5) is 12.2. The molecular formula is C22H27F3N2O2. The number of nitrogens with one attached hydrogen (secondary N) is 2. The third-order valence-corrected chi connectivity index (χ3v) is 4.60. The SMILES string of the molecule is CCCC[C@H](NC)C(=O)NCCc1ccc(-c2ccc(OC(F)(F)F)cc2)cc1. The number of hydrogen-bond acceptors (Lipinski definition) is 3. The molecule has 2 aromatic carbocycles. The van der Waals surface area contributed by atoms with Crippen LogP contribution < -0.4 is 15.4 Å². The predicted molar refractivity (Wildman–Crippen MR) is 108 cm³/mol. The Morgan fingerprint density at radius 2 is 1.62 bits per heavy atom. The van der Waals surface area contributed by atoms with E-state index >= 15 is 0 Å². The Hall–Kier alpha value is -2.54. The Kier molecular flexibility index (Phi) is 8.51. The maximum atomic E-state index is 12.2. The molecule has 29 heavy (non-hydrogen) atoms. The lowest BCUT2D eigenvalue weighted by atomic mass is 10.0. The average molecular weight is 408 g/mol. The molecule has 0 spiro atoms. The van der Waals surface area contributed by atoms with Gasteiger partial charge in [0, 0.05) is 6.54 Å². The van der Waals surface area contributed by atoms with Gasteiger partial charge in [0.1, 0.15) is 5.75 Å². The van der Waals surface area contributed by atoms with Crippen LogP contribution in [0.2, 0.25) is 0 Å². The van der Waals surface area contributed by atoms with Crippen molar-refractivity contribution in [3.63, 3.8) is 0 Å². The number of ether oxygens (including phenoxy) is 1. The van der Waals surface area contributed by atoms with E-state index in [9.17, 15) is 18.0 Å². The van der Waals surface area contributed by atoms with Crippen LogP contribution in [0.25, 0.3) is 11.1 Å². The van der Waals surface area contributed by atoms with Crippen LogP contribution in [0.5, 0.6) is 5.75 Å². The van der Waals surface area contributed by atoms with Crippen molar-refractivity contribution in [2.75, 3.05) is 13.6 Å². The molecule has 0 radical (unpaired) electrons. The summed E-state index contributed by atoms with van der Waals surface area (Å²) in [6.07, 6.45) is -1.11. The lowest BCUT2D eigenvalue weighted by Gasteiger charge is -2.15. The van der Waals surface area contributed by atoms with Crippen LogP contribution in [0.1, 0.15) is 31.7 Å². The smallest absolute Gasteiger partial charge is 0.406 e. The van der Waals surface area contributed by atoms with Crippen molar-refractivity contribution >= 4 is 5.91 Å². The van der Waals surface area contributed by atoms with Crippen LogP contribution in [-0.4, -0.2) is 31.9 Å². The number of rotatable bonds is 10. The molecule has 0 heterocycles. The van der Waals surface area contributed by atoms with E-state index in [1.54, 1.807) is 19.2 Å². The normalized spacial score (nSPS) is 12.4. The molecule has 0 bridgehead atoms. The molecule has 4 nitrogen and oxygen atoms in total. The van der Waals surface area contributed by atoms with Gasteiger partial charge >= 0.3 is 6.36 Å². The quantitative estimate of drug-likeness (QED) is 0.600. The molecule has 0 aliphatic carbocycles. The van der Waals surface area contributed by atoms with E-state index in [1.807, 2.05) is 24.3 Å². The van der Waals surface area contributed by atoms with Gasteiger partial charge in [-0.15, -0.1) is 13.2 Å². The van der Waals surface area contributed by atoms with Crippen LogP contribution in [-0.2, 0) is 11.2 Å². The minimum Gasteiger partial charge on any atom is -0.406 e. The number of hydrogen-bond donors (Lipinski definition) is 2. The van der Waals surface area contributed by atoms with Gasteiger partial charge in [0.25, 0.3) is 0 Å². The van der Waals surface area contributed by atoms with Crippen LogP contribution in [0.4, 0.5) is 13.2 Å². The molecule has 0 saturated carbocycles. The van der Waals surface area contributed by atoms with Crippen molar-refractivity contribution in [2.45, 2.75) is 45.0 Å². The molecule has 1 amide bonds. The van der Waals surface area contributed by atoms with Crippen molar-refractivity contribution in [3.05, 3.63) is 54.1 Å². The molecule has 0 aromatic heterocycles. The fourth-order valence-corrected chi connectivity index (χ4v) is 2.98. The number of carbonyl (C=O) groups excluding carboxylic acids is 1. The van der Waals surface area contributed by atoms with Crippen molar-refractivity contribution in [1.82, 2.24) is 10.6 Å². The number of alkyl halides is 3. The van der Waals surface area contributed by atoms with Crippen molar-refractivity contribution in [3.8, 4) is 16.9 Å². The number of unbranched alkanes of at least 4 members (excludes halogenated alkanes) is 1. The number of likely N-dealkylation sites (N-methyl/N-ethyl adjacent to an activating group) is 1. The van der Waals surface area contributed by atoms with E-state index in [2.05, 4.69) is 22.3 Å². The standard InChI is InChI=1S/C22H27F3N2O2/c1-3-4-5-20(26-2)21(28)27-15-14-16-6-8-17(9-7-16)18-10-12-19(13-11-18)29-22(23,24)25/h6-13,20,26H,3-5,14-15H2,1-2H3,(H,27,28)/t20-/m0/s1. The minimum atomic E-state index is -4.69. The van der Waals surface area contributed by atoms with Gasteiger partial charge in [-0.1, -0.05) is 56.2 Å². The zero-order chi connectivity index (χ0) is 21.3. The maximum Gasteiger partial charge on any atom is 0.573 e. The van der Waals surface area contributed by atoms with Crippen LogP contribution in [0.15, 0.2) is 48.5 Å². The molecule has 2 rings (SSSR count). The summed E-state index contributed by atoms with van der Waals surface area (Å²) in [5.41, 5.74) is 2.76. The third-order valence-electron chi connectivity index (χ3n) is 4.60. The molecule has 0 fully saturated rings. The Balaban J connectivity index is 1.86. The first-order valence-electron chi connectivity index (χ1n) is 9.72. The number of carbonyl (C=O) groups is 1. The van der Waals surface area contributed by atoms with Gasteiger partial charge in [-0.3, -0.25) is 4.79 Å². The summed E-state index contributed by atoms with van der Waals surface area (Å²) in [5, 5.41) is 6.00. The van der Waals surface area contributed by atoms with Gasteiger partial charge in [-0.05, 0) is 48.7 Å². The molecule has 2 aromatic rings. The van der Waals surface area contributed by atoms with E-state index in [0.717, 1.165) is 36.0 Å². The van der Waals surface area contributed by atoms with Gasteiger partial charge in [0.15, 0.2) is 0 Å². The molecule has 0 aliphatic heterocycles. The summed E-state index contributed by atoms with van der Waals surface area (Å²) in [5.74, 6) is -0.230. The monoisotopic (exact) mass is 408 g/mol. The highest BCUT2D eigenvalue weighted by Crippen LogP contribution is 2.26. The third kappa shape index (κ3) is 7.77. The highest BCUT2D eigenvalue weighted by molar-refractivity contribution is 5.81. The summed E-state index contributed by atoms with van der Waals surface area (Å²) < 4.78 is 40.6. The Bertz CT molecular complexity index is 759. The van der Waals surface area contributed by atoms with E-state index in [0.29, 0.717) is 13.0 Å². The fourth-order valence-electron chi connectivity index (χ4n) is 2.98. The Labute approximate surface area is 169 Å². The van der Waals surface area contributed by atoms with Gasteiger partial charge < -0.3 is 15.4 Å². The van der Waals surface area contributed by atoms with E-state index in [4.69, 9.17) is 0 Å². The van der Waals surface area contributed by atoms with Crippen LogP contribution in [0, 0.1) is 0 Å². The second-order valence-electron chi connectivity index (χ2n) is 6.79. The second-order valence-corrected chi connectivity index (χ2v) is 6.79. The van der Waals surface area contributed by atoms with Gasteiger partial charge in [-0.2, -0.15) is 0 Å². The summed E-state index contributed by atoms with van der Waals surface area (Å²) in [7, 11) is 1.79.